The third kappa shape index (κ3) is 3.46. The Morgan fingerprint density at radius 3 is 2.62 bits per heavy atom. The average molecular weight is 406 g/mol. The molecule has 0 radical (unpaired) electrons. The SMILES string of the molecule is CC(c1nc2ccc(Cl)cc2[nH]1)C1CCC(c2cc(=O)[nH]c3ccccc23)CC1. The van der Waals surface area contributed by atoms with Crippen LogP contribution in [0, 0.1) is 5.92 Å². The lowest BCUT2D eigenvalue weighted by molar-refractivity contribution is 0.286. The first-order valence-corrected chi connectivity index (χ1v) is 10.7. The monoisotopic (exact) mass is 405 g/mol. The van der Waals surface area contributed by atoms with Crippen molar-refractivity contribution >= 4 is 33.5 Å². The molecule has 2 aromatic carbocycles. The standard InChI is InChI=1S/C24H24ClN3O/c1-14(24-27-21-11-10-17(25)12-22(21)28-24)15-6-8-16(9-7-15)19-13-23(29)26-20-5-3-2-4-18(19)20/h2-5,10-16H,6-9H2,1H3,(H,26,29)(H,27,28). The number of fused-ring (bicyclic) bond motifs is 2. The number of nitrogens with one attached hydrogen (secondary N) is 2. The predicted octanol–water partition coefficient (Wildman–Crippen LogP) is 6.14. The molecule has 1 fully saturated rings. The Labute approximate surface area is 174 Å². The molecule has 0 bridgehead atoms. The number of imidazole rings is 1. The number of hydrogen-bond donors (Lipinski definition) is 2. The molecule has 5 rings (SSSR count). The topological polar surface area (TPSA) is 61.5 Å². The molecule has 2 heterocycles. The molecule has 0 saturated heterocycles. The van der Waals surface area contributed by atoms with Gasteiger partial charge in [0, 0.05) is 27.9 Å². The van der Waals surface area contributed by atoms with E-state index in [1.54, 1.807) is 6.07 Å². The van der Waals surface area contributed by atoms with Crippen molar-refractivity contribution in [2.45, 2.75) is 44.4 Å². The first-order chi connectivity index (χ1) is 14.1. The Morgan fingerprint density at radius 1 is 1.00 bits per heavy atom. The van der Waals surface area contributed by atoms with Crippen LogP contribution in [-0.2, 0) is 0 Å². The molecule has 1 atom stereocenters. The minimum absolute atomic E-state index is 0.00451. The maximum Gasteiger partial charge on any atom is 0.248 e. The highest BCUT2D eigenvalue weighted by Gasteiger charge is 2.29. The third-order valence-corrected chi connectivity index (χ3v) is 6.83. The molecular weight excluding hydrogens is 382 g/mol. The molecule has 2 N–H and O–H groups in total. The van der Waals surface area contributed by atoms with Crippen LogP contribution in [0.15, 0.2) is 53.3 Å². The van der Waals surface area contributed by atoms with Gasteiger partial charge in [0.1, 0.15) is 5.82 Å². The first kappa shape index (κ1) is 18.4. The molecule has 2 aromatic heterocycles. The fourth-order valence-corrected chi connectivity index (χ4v) is 5.11. The number of H-pyrrole nitrogens is 2. The fourth-order valence-electron chi connectivity index (χ4n) is 4.94. The maximum absolute atomic E-state index is 12.1. The summed E-state index contributed by atoms with van der Waals surface area (Å²) in [6, 6.07) is 15.7. The smallest absolute Gasteiger partial charge is 0.248 e. The van der Waals surface area contributed by atoms with Gasteiger partial charge in [-0.05, 0) is 67.3 Å². The lowest BCUT2D eigenvalue weighted by Gasteiger charge is -2.32. The molecule has 1 saturated carbocycles. The third-order valence-electron chi connectivity index (χ3n) is 6.59. The number of benzene rings is 2. The van der Waals surface area contributed by atoms with Crippen LogP contribution >= 0.6 is 11.6 Å². The highest BCUT2D eigenvalue weighted by molar-refractivity contribution is 6.31. The quantitative estimate of drug-likeness (QED) is 0.430. The van der Waals surface area contributed by atoms with Crippen molar-refractivity contribution in [2.24, 2.45) is 5.92 Å². The molecule has 5 heteroatoms. The summed E-state index contributed by atoms with van der Waals surface area (Å²) in [6.07, 6.45) is 4.50. The predicted molar refractivity (Wildman–Crippen MR) is 119 cm³/mol. The Bertz CT molecular complexity index is 1230. The van der Waals surface area contributed by atoms with E-state index in [9.17, 15) is 4.79 Å². The summed E-state index contributed by atoms with van der Waals surface area (Å²) >= 11 is 6.11. The number of hydrogen-bond acceptors (Lipinski definition) is 2. The van der Waals surface area contributed by atoms with Crippen molar-refractivity contribution in [2.75, 3.05) is 0 Å². The van der Waals surface area contributed by atoms with E-state index >= 15 is 0 Å². The van der Waals surface area contributed by atoms with Crippen LogP contribution < -0.4 is 5.56 Å². The number of rotatable bonds is 3. The molecule has 1 aliphatic carbocycles. The number of aromatic nitrogens is 3. The minimum atomic E-state index is -0.00451. The summed E-state index contributed by atoms with van der Waals surface area (Å²) in [5.74, 6) is 2.46. The van der Waals surface area contributed by atoms with Crippen molar-refractivity contribution < 1.29 is 0 Å². The van der Waals surface area contributed by atoms with Gasteiger partial charge in [0.2, 0.25) is 5.56 Å². The van der Waals surface area contributed by atoms with Gasteiger partial charge < -0.3 is 9.97 Å². The number of halogens is 1. The second-order valence-corrected chi connectivity index (χ2v) is 8.75. The average Bonchev–Trinajstić information content (AvgIpc) is 3.16. The molecular formula is C24H24ClN3O. The van der Waals surface area contributed by atoms with E-state index in [0.29, 0.717) is 17.8 Å². The van der Waals surface area contributed by atoms with E-state index in [1.165, 1.54) is 10.9 Å². The Balaban J connectivity index is 1.35. The molecule has 1 aliphatic rings. The van der Waals surface area contributed by atoms with E-state index in [-0.39, 0.29) is 5.56 Å². The summed E-state index contributed by atoms with van der Waals surface area (Å²) in [5, 5.41) is 1.91. The molecule has 29 heavy (non-hydrogen) atoms. The molecule has 0 spiro atoms. The van der Waals surface area contributed by atoms with E-state index < -0.39 is 0 Å². The lowest BCUT2D eigenvalue weighted by atomic mass is 9.73. The largest absolute Gasteiger partial charge is 0.342 e. The van der Waals surface area contributed by atoms with Crippen LogP contribution in [0.3, 0.4) is 0 Å². The van der Waals surface area contributed by atoms with E-state index in [0.717, 1.165) is 53.1 Å². The Hall–Kier alpha value is -2.59. The first-order valence-electron chi connectivity index (χ1n) is 10.4. The van der Waals surface area contributed by atoms with Crippen molar-refractivity contribution in [3.63, 3.8) is 0 Å². The lowest BCUT2D eigenvalue weighted by Crippen LogP contribution is -2.20. The fraction of sp³-hybridized carbons (Fsp3) is 0.333. The van der Waals surface area contributed by atoms with Crippen LogP contribution in [-0.4, -0.2) is 15.0 Å². The van der Waals surface area contributed by atoms with Crippen molar-refractivity contribution in [1.29, 1.82) is 0 Å². The number of para-hydroxylation sites is 1. The van der Waals surface area contributed by atoms with E-state index in [4.69, 9.17) is 16.6 Å². The van der Waals surface area contributed by atoms with Gasteiger partial charge in [0.25, 0.3) is 0 Å². The zero-order chi connectivity index (χ0) is 20.0. The zero-order valence-electron chi connectivity index (χ0n) is 16.4. The number of pyridine rings is 1. The summed E-state index contributed by atoms with van der Waals surface area (Å²) in [7, 11) is 0. The van der Waals surface area contributed by atoms with Crippen LogP contribution in [0.5, 0.6) is 0 Å². The van der Waals surface area contributed by atoms with Gasteiger partial charge >= 0.3 is 0 Å². The zero-order valence-corrected chi connectivity index (χ0v) is 17.2. The van der Waals surface area contributed by atoms with Gasteiger partial charge in [-0.3, -0.25) is 4.79 Å². The highest BCUT2D eigenvalue weighted by atomic mass is 35.5. The van der Waals surface area contributed by atoms with Crippen molar-refractivity contribution in [3.8, 4) is 0 Å². The Kier molecular flexibility index (Phi) is 4.67. The normalized spacial score (nSPS) is 20.9. The molecule has 4 nitrogen and oxygen atoms in total. The van der Waals surface area contributed by atoms with Gasteiger partial charge in [-0.15, -0.1) is 0 Å². The Morgan fingerprint density at radius 2 is 1.79 bits per heavy atom. The van der Waals surface area contributed by atoms with Gasteiger partial charge in [-0.2, -0.15) is 0 Å². The minimum Gasteiger partial charge on any atom is -0.342 e. The van der Waals surface area contributed by atoms with Crippen LogP contribution in [0.1, 0.15) is 55.8 Å². The highest BCUT2D eigenvalue weighted by Crippen LogP contribution is 2.42. The molecule has 148 valence electrons. The van der Waals surface area contributed by atoms with Crippen LogP contribution in [0.4, 0.5) is 0 Å². The van der Waals surface area contributed by atoms with Crippen LogP contribution in [0.2, 0.25) is 5.02 Å². The molecule has 4 aromatic rings. The van der Waals surface area contributed by atoms with Crippen molar-refractivity contribution in [1.82, 2.24) is 15.0 Å². The van der Waals surface area contributed by atoms with Gasteiger partial charge in [-0.1, -0.05) is 36.7 Å². The summed E-state index contributed by atoms with van der Waals surface area (Å²) in [6.45, 7) is 2.27. The van der Waals surface area contributed by atoms with Gasteiger partial charge in [0.15, 0.2) is 0 Å². The van der Waals surface area contributed by atoms with Gasteiger partial charge in [-0.25, -0.2) is 4.98 Å². The summed E-state index contributed by atoms with van der Waals surface area (Å²) < 4.78 is 0. The van der Waals surface area contributed by atoms with Crippen LogP contribution in [0.25, 0.3) is 21.9 Å². The molecule has 1 unspecified atom stereocenters. The van der Waals surface area contributed by atoms with E-state index in [1.807, 2.05) is 36.4 Å². The van der Waals surface area contributed by atoms with Crippen molar-refractivity contribution in [3.05, 3.63) is 75.3 Å². The molecule has 0 aliphatic heterocycles. The second-order valence-electron chi connectivity index (χ2n) is 8.32. The molecule has 0 amide bonds. The van der Waals surface area contributed by atoms with E-state index in [2.05, 4.69) is 23.0 Å². The number of aromatic amines is 2. The summed E-state index contributed by atoms with van der Waals surface area (Å²) in [5.41, 5.74) is 4.11. The maximum atomic E-state index is 12.1. The van der Waals surface area contributed by atoms with Gasteiger partial charge in [0.05, 0.1) is 11.0 Å². The number of nitrogens with zero attached hydrogens (tertiary/aromatic N) is 1. The second kappa shape index (κ2) is 7.34. The summed E-state index contributed by atoms with van der Waals surface area (Å²) in [4.78, 5) is 23.4.